The molecule has 0 aliphatic carbocycles. The van der Waals surface area contributed by atoms with Crippen LogP contribution in [0.5, 0.6) is 0 Å². The van der Waals surface area contributed by atoms with E-state index >= 15 is 0 Å². The van der Waals surface area contributed by atoms with E-state index in [1.165, 1.54) is 5.57 Å². The van der Waals surface area contributed by atoms with E-state index in [2.05, 4.69) is 18.5 Å². The Morgan fingerprint density at radius 1 is 1.57 bits per heavy atom. The van der Waals surface area contributed by atoms with Crippen LogP contribution in [-0.4, -0.2) is 4.98 Å². The van der Waals surface area contributed by atoms with Crippen LogP contribution in [0.15, 0.2) is 30.4 Å². The molecule has 0 aromatic carbocycles. The zero-order chi connectivity index (χ0) is 10.6. The van der Waals surface area contributed by atoms with Gasteiger partial charge in [-0.25, -0.2) is 0 Å². The van der Waals surface area contributed by atoms with Crippen molar-refractivity contribution in [2.24, 2.45) is 5.73 Å². The van der Waals surface area contributed by atoms with Gasteiger partial charge in [-0.2, -0.15) is 0 Å². The topological polar surface area (TPSA) is 38.9 Å². The Bertz CT molecular complexity index is 318. The molecule has 1 rings (SSSR count). The summed E-state index contributed by atoms with van der Waals surface area (Å²) in [6.45, 7) is 8.03. The van der Waals surface area contributed by atoms with Gasteiger partial charge in [-0.1, -0.05) is 25.1 Å². The second-order valence-electron chi connectivity index (χ2n) is 3.62. The minimum absolute atomic E-state index is 0.0117. The molecule has 0 amide bonds. The summed E-state index contributed by atoms with van der Waals surface area (Å²) in [6, 6.07) is 5.93. The normalized spacial score (nSPS) is 12.5. The molecule has 2 nitrogen and oxygen atoms in total. The number of nitrogens with two attached hydrogens (primary N) is 1. The third-order valence-corrected chi connectivity index (χ3v) is 2.30. The number of nitrogens with zero attached hydrogens (tertiary/aromatic N) is 1. The van der Waals surface area contributed by atoms with Crippen LogP contribution in [0, 0.1) is 6.92 Å². The van der Waals surface area contributed by atoms with Crippen LogP contribution in [0.1, 0.15) is 37.2 Å². The predicted octanol–water partition coefficient (Wildman–Crippen LogP) is 2.75. The Morgan fingerprint density at radius 3 is 2.86 bits per heavy atom. The summed E-state index contributed by atoms with van der Waals surface area (Å²) >= 11 is 0. The van der Waals surface area contributed by atoms with Crippen LogP contribution in [0.2, 0.25) is 0 Å². The molecule has 1 unspecified atom stereocenters. The number of aromatic nitrogens is 1. The van der Waals surface area contributed by atoms with Crippen molar-refractivity contribution in [1.82, 2.24) is 4.98 Å². The number of hydrogen-bond acceptors (Lipinski definition) is 2. The monoisotopic (exact) mass is 190 g/mol. The second kappa shape index (κ2) is 4.91. The Balaban J connectivity index is 2.69. The van der Waals surface area contributed by atoms with Gasteiger partial charge in [0.1, 0.15) is 0 Å². The number of rotatable bonds is 4. The lowest BCUT2D eigenvalue weighted by Gasteiger charge is -2.12. The summed E-state index contributed by atoms with van der Waals surface area (Å²) in [6.07, 6.45) is 1.81. The molecule has 1 heterocycles. The molecule has 0 spiro atoms. The summed E-state index contributed by atoms with van der Waals surface area (Å²) in [5.41, 5.74) is 9.17. The van der Waals surface area contributed by atoms with Gasteiger partial charge in [0, 0.05) is 5.69 Å². The Kier molecular flexibility index (Phi) is 3.84. The van der Waals surface area contributed by atoms with Crippen LogP contribution >= 0.6 is 0 Å². The summed E-state index contributed by atoms with van der Waals surface area (Å²) in [5, 5.41) is 0. The van der Waals surface area contributed by atoms with Crippen molar-refractivity contribution >= 4 is 0 Å². The molecule has 76 valence electrons. The first kappa shape index (κ1) is 10.9. The fraction of sp³-hybridized carbons (Fsp3) is 0.417. The predicted molar refractivity (Wildman–Crippen MR) is 60.0 cm³/mol. The highest BCUT2D eigenvalue weighted by atomic mass is 14.8. The highest BCUT2D eigenvalue weighted by Crippen LogP contribution is 2.17. The van der Waals surface area contributed by atoms with Gasteiger partial charge in [0.2, 0.25) is 0 Å². The van der Waals surface area contributed by atoms with Crippen molar-refractivity contribution in [3.8, 4) is 0 Å². The fourth-order valence-electron chi connectivity index (χ4n) is 1.33. The summed E-state index contributed by atoms with van der Waals surface area (Å²) in [4.78, 5) is 4.39. The highest BCUT2D eigenvalue weighted by molar-refractivity contribution is 5.15. The zero-order valence-corrected chi connectivity index (χ0v) is 8.96. The van der Waals surface area contributed by atoms with Gasteiger partial charge in [-0.05, 0) is 31.9 Å². The van der Waals surface area contributed by atoms with Crippen LogP contribution in [0.4, 0.5) is 0 Å². The number of aryl methyl sites for hydroxylation is 1. The maximum absolute atomic E-state index is 6.02. The van der Waals surface area contributed by atoms with E-state index in [-0.39, 0.29) is 6.04 Å². The first-order valence-electron chi connectivity index (χ1n) is 4.99. The van der Waals surface area contributed by atoms with Crippen molar-refractivity contribution in [3.63, 3.8) is 0 Å². The Labute approximate surface area is 85.9 Å². The maximum atomic E-state index is 6.02. The molecule has 0 bridgehead atoms. The SMILES string of the molecule is C=C(CC)CC(N)c1cccc(C)n1. The molecular weight excluding hydrogens is 172 g/mol. The number of hydrogen-bond donors (Lipinski definition) is 1. The summed E-state index contributed by atoms with van der Waals surface area (Å²) in [5.74, 6) is 0. The molecular formula is C12H18N2. The molecule has 0 aliphatic heterocycles. The van der Waals surface area contributed by atoms with E-state index in [1.807, 2.05) is 25.1 Å². The lowest BCUT2D eigenvalue weighted by Crippen LogP contribution is -2.12. The van der Waals surface area contributed by atoms with Gasteiger partial charge in [0.15, 0.2) is 0 Å². The molecule has 1 aromatic heterocycles. The van der Waals surface area contributed by atoms with Crippen molar-refractivity contribution in [3.05, 3.63) is 41.7 Å². The molecule has 0 saturated carbocycles. The van der Waals surface area contributed by atoms with Crippen LogP contribution in [-0.2, 0) is 0 Å². The molecule has 0 aliphatic rings. The Morgan fingerprint density at radius 2 is 2.29 bits per heavy atom. The zero-order valence-electron chi connectivity index (χ0n) is 8.96. The minimum Gasteiger partial charge on any atom is -0.322 e. The number of pyridine rings is 1. The van der Waals surface area contributed by atoms with Crippen molar-refractivity contribution in [2.75, 3.05) is 0 Å². The molecule has 14 heavy (non-hydrogen) atoms. The van der Waals surface area contributed by atoms with E-state index in [4.69, 9.17) is 5.73 Å². The molecule has 2 N–H and O–H groups in total. The molecule has 1 aromatic rings. The second-order valence-corrected chi connectivity index (χ2v) is 3.62. The lowest BCUT2D eigenvalue weighted by molar-refractivity contribution is 0.676. The molecule has 2 heteroatoms. The van der Waals surface area contributed by atoms with Crippen molar-refractivity contribution < 1.29 is 0 Å². The van der Waals surface area contributed by atoms with E-state index in [0.29, 0.717) is 0 Å². The molecule has 0 fully saturated rings. The van der Waals surface area contributed by atoms with Gasteiger partial charge in [-0.15, -0.1) is 0 Å². The molecule has 1 atom stereocenters. The highest BCUT2D eigenvalue weighted by Gasteiger charge is 2.07. The summed E-state index contributed by atoms with van der Waals surface area (Å²) in [7, 11) is 0. The van der Waals surface area contributed by atoms with Crippen LogP contribution in [0.25, 0.3) is 0 Å². The van der Waals surface area contributed by atoms with Crippen molar-refractivity contribution in [1.29, 1.82) is 0 Å². The van der Waals surface area contributed by atoms with Crippen molar-refractivity contribution in [2.45, 2.75) is 32.7 Å². The third-order valence-electron chi connectivity index (χ3n) is 2.30. The molecule has 0 radical (unpaired) electrons. The largest absolute Gasteiger partial charge is 0.322 e. The first-order valence-corrected chi connectivity index (χ1v) is 4.99. The standard InChI is InChI=1S/C12H18N2/c1-4-9(2)8-11(13)12-7-5-6-10(3)14-12/h5-7,11H,2,4,8,13H2,1,3H3. The smallest absolute Gasteiger partial charge is 0.0577 e. The average molecular weight is 190 g/mol. The van der Waals surface area contributed by atoms with E-state index in [9.17, 15) is 0 Å². The van der Waals surface area contributed by atoms with E-state index < -0.39 is 0 Å². The van der Waals surface area contributed by atoms with Crippen LogP contribution < -0.4 is 5.73 Å². The quantitative estimate of drug-likeness (QED) is 0.741. The lowest BCUT2D eigenvalue weighted by atomic mass is 10.0. The maximum Gasteiger partial charge on any atom is 0.0577 e. The average Bonchev–Trinajstić information content (AvgIpc) is 2.17. The minimum atomic E-state index is -0.0117. The summed E-state index contributed by atoms with van der Waals surface area (Å²) < 4.78 is 0. The Hall–Kier alpha value is -1.15. The third kappa shape index (κ3) is 2.96. The van der Waals surface area contributed by atoms with E-state index in [0.717, 1.165) is 24.2 Å². The van der Waals surface area contributed by atoms with Gasteiger partial charge < -0.3 is 5.73 Å². The van der Waals surface area contributed by atoms with Crippen LogP contribution in [0.3, 0.4) is 0 Å². The van der Waals surface area contributed by atoms with Gasteiger partial charge >= 0.3 is 0 Å². The van der Waals surface area contributed by atoms with E-state index in [1.54, 1.807) is 0 Å². The van der Waals surface area contributed by atoms with Gasteiger partial charge in [0.05, 0.1) is 11.7 Å². The van der Waals surface area contributed by atoms with Gasteiger partial charge in [-0.3, -0.25) is 4.98 Å². The first-order chi connectivity index (χ1) is 6.63. The van der Waals surface area contributed by atoms with Gasteiger partial charge in [0.25, 0.3) is 0 Å². The molecule has 0 saturated heterocycles. The fourth-order valence-corrected chi connectivity index (χ4v) is 1.33.